The van der Waals surface area contributed by atoms with E-state index in [2.05, 4.69) is 10.5 Å². The van der Waals surface area contributed by atoms with E-state index in [1.807, 2.05) is 37.3 Å². The average Bonchev–Trinajstić information content (AvgIpc) is 2.57. The molecule has 1 amide bonds. The van der Waals surface area contributed by atoms with Crippen molar-refractivity contribution >= 4 is 18.3 Å². The van der Waals surface area contributed by atoms with E-state index in [1.165, 1.54) is 0 Å². The summed E-state index contributed by atoms with van der Waals surface area (Å²) in [5.74, 6) is -0.588. The Bertz CT molecular complexity index is 504. The number of carbonyl (C=O) groups excluding carboxylic acids is 2. The summed E-state index contributed by atoms with van der Waals surface area (Å²) in [6, 6.07) is 8.22. The Morgan fingerprint density at radius 2 is 2.04 bits per heavy atom. The van der Waals surface area contributed by atoms with Crippen LogP contribution in [0.15, 0.2) is 35.5 Å². The molecule has 1 rings (SSSR count). The van der Waals surface area contributed by atoms with E-state index in [1.54, 1.807) is 0 Å². The minimum Gasteiger partial charge on any atom is -0.464 e. The SMILES string of the molecule is CCCCOC(=O)C(C/C=N\O)NC(=O)OCc1ccccc1. The van der Waals surface area contributed by atoms with Gasteiger partial charge < -0.3 is 20.0 Å². The number of hydrogen-bond donors (Lipinski definition) is 2. The second-order valence-corrected chi connectivity index (χ2v) is 4.81. The highest BCUT2D eigenvalue weighted by atomic mass is 16.6. The lowest BCUT2D eigenvalue weighted by molar-refractivity contribution is -0.146. The fraction of sp³-hybridized carbons (Fsp3) is 0.438. The van der Waals surface area contributed by atoms with E-state index in [-0.39, 0.29) is 19.6 Å². The number of hydrogen-bond acceptors (Lipinski definition) is 6. The van der Waals surface area contributed by atoms with E-state index in [0.717, 1.165) is 24.6 Å². The highest BCUT2D eigenvalue weighted by Crippen LogP contribution is 2.02. The molecule has 23 heavy (non-hydrogen) atoms. The Kier molecular flexibility index (Phi) is 8.88. The van der Waals surface area contributed by atoms with E-state index in [4.69, 9.17) is 14.7 Å². The van der Waals surface area contributed by atoms with Gasteiger partial charge in [0, 0.05) is 12.6 Å². The number of nitrogens with one attached hydrogen (secondary N) is 1. The predicted molar refractivity (Wildman–Crippen MR) is 84.3 cm³/mol. The van der Waals surface area contributed by atoms with Gasteiger partial charge in [-0.1, -0.05) is 43.7 Å². The first-order valence-corrected chi connectivity index (χ1v) is 7.47. The topological polar surface area (TPSA) is 97.2 Å². The Balaban J connectivity index is 2.47. The van der Waals surface area contributed by atoms with Gasteiger partial charge in [-0.25, -0.2) is 9.59 Å². The zero-order chi connectivity index (χ0) is 16.9. The van der Waals surface area contributed by atoms with Gasteiger partial charge in [0.1, 0.15) is 12.6 Å². The van der Waals surface area contributed by atoms with Gasteiger partial charge in [-0.15, -0.1) is 5.16 Å². The van der Waals surface area contributed by atoms with Gasteiger partial charge in [-0.3, -0.25) is 0 Å². The van der Waals surface area contributed by atoms with Crippen molar-refractivity contribution in [2.45, 2.75) is 38.8 Å². The second-order valence-electron chi connectivity index (χ2n) is 4.81. The van der Waals surface area contributed by atoms with Gasteiger partial charge in [0.2, 0.25) is 0 Å². The maximum Gasteiger partial charge on any atom is 0.408 e. The lowest BCUT2D eigenvalue weighted by atomic mass is 10.2. The number of oxime groups is 1. The first-order valence-electron chi connectivity index (χ1n) is 7.47. The van der Waals surface area contributed by atoms with Crippen LogP contribution < -0.4 is 5.32 Å². The average molecular weight is 322 g/mol. The predicted octanol–water partition coefficient (Wildman–Crippen LogP) is 2.47. The molecule has 1 aromatic rings. The van der Waals surface area contributed by atoms with Crippen molar-refractivity contribution in [1.29, 1.82) is 0 Å². The van der Waals surface area contributed by atoms with Crippen molar-refractivity contribution in [3.8, 4) is 0 Å². The molecule has 1 atom stereocenters. The molecule has 126 valence electrons. The highest BCUT2D eigenvalue weighted by molar-refractivity contribution is 5.84. The molecule has 0 bridgehead atoms. The van der Waals surface area contributed by atoms with Crippen LogP contribution >= 0.6 is 0 Å². The maximum absolute atomic E-state index is 11.9. The fourth-order valence-electron chi connectivity index (χ4n) is 1.69. The molecule has 2 N–H and O–H groups in total. The van der Waals surface area contributed by atoms with Crippen LogP contribution in [0.3, 0.4) is 0 Å². The number of rotatable bonds is 9. The summed E-state index contributed by atoms with van der Waals surface area (Å²) < 4.78 is 10.1. The Morgan fingerprint density at radius 1 is 1.30 bits per heavy atom. The summed E-state index contributed by atoms with van der Waals surface area (Å²) in [4.78, 5) is 23.7. The molecule has 7 nitrogen and oxygen atoms in total. The molecule has 0 fully saturated rings. The normalized spacial score (nSPS) is 11.9. The molecule has 0 aliphatic rings. The molecular formula is C16H22N2O5. The van der Waals surface area contributed by atoms with Gasteiger partial charge in [0.15, 0.2) is 0 Å². The zero-order valence-electron chi connectivity index (χ0n) is 13.1. The number of nitrogens with zero attached hydrogens (tertiary/aromatic N) is 1. The van der Waals surface area contributed by atoms with Crippen LogP contribution in [0.1, 0.15) is 31.7 Å². The molecule has 0 aliphatic carbocycles. The van der Waals surface area contributed by atoms with E-state index < -0.39 is 18.1 Å². The summed E-state index contributed by atoms with van der Waals surface area (Å²) in [7, 11) is 0. The Morgan fingerprint density at radius 3 is 2.70 bits per heavy atom. The molecule has 1 aromatic carbocycles. The zero-order valence-corrected chi connectivity index (χ0v) is 13.1. The number of ether oxygens (including phenoxy) is 2. The van der Waals surface area contributed by atoms with Gasteiger partial charge in [0.25, 0.3) is 0 Å². The van der Waals surface area contributed by atoms with Crippen molar-refractivity contribution in [1.82, 2.24) is 5.32 Å². The molecule has 0 radical (unpaired) electrons. The summed E-state index contributed by atoms with van der Waals surface area (Å²) in [5, 5.41) is 13.7. The second kappa shape index (κ2) is 11.1. The summed E-state index contributed by atoms with van der Waals surface area (Å²) in [6.07, 6.45) is 2.02. The molecule has 0 aromatic heterocycles. The van der Waals surface area contributed by atoms with Crippen molar-refractivity contribution in [2.24, 2.45) is 5.16 Å². The van der Waals surface area contributed by atoms with Crippen LogP contribution in [-0.4, -0.2) is 36.1 Å². The lowest BCUT2D eigenvalue weighted by Crippen LogP contribution is -2.42. The van der Waals surface area contributed by atoms with E-state index in [9.17, 15) is 9.59 Å². The van der Waals surface area contributed by atoms with Crippen LogP contribution in [0.25, 0.3) is 0 Å². The van der Waals surface area contributed by atoms with Crippen molar-refractivity contribution in [3.63, 3.8) is 0 Å². The van der Waals surface area contributed by atoms with Gasteiger partial charge >= 0.3 is 12.1 Å². The quantitative estimate of drug-likeness (QED) is 0.239. The monoisotopic (exact) mass is 322 g/mol. The van der Waals surface area contributed by atoms with Crippen LogP contribution in [0, 0.1) is 0 Å². The van der Waals surface area contributed by atoms with Crippen LogP contribution in [0.2, 0.25) is 0 Å². The molecule has 1 unspecified atom stereocenters. The fourth-order valence-corrected chi connectivity index (χ4v) is 1.69. The third-order valence-corrected chi connectivity index (χ3v) is 2.95. The molecule has 7 heteroatoms. The Hall–Kier alpha value is -2.57. The molecule has 0 saturated heterocycles. The number of unbranched alkanes of at least 4 members (excludes halogenated alkanes) is 1. The first kappa shape index (κ1) is 18.5. The maximum atomic E-state index is 11.9. The molecule has 0 aliphatic heterocycles. The summed E-state index contributed by atoms with van der Waals surface area (Å²) >= 11 is 0. The molecule has 0 saturated carbocycles. The largest absolute Gasteiger partial charge is 0.464 e. The number of alkyl carbamates (subject to hydrolysis) is 1. The van der Waals surface area contributed by atoms with Crippen molar-refractivity contribution in [2.75, 3.05) is 6.61 Å². The molecule has 0 spiro atoms. The minimum absolute atomic E-state index is 0.0158. The molecule has 0 heterocycles. The third-order valence-electron chi connectivity index (χ3n) is 2.95. The van der Waals surface area contributed by atoms with Crippen molar-refractivity contribution in [3.05, 3.63) is 35.9 Å². The number of esters is 1. The lowest BCUT2D eigenvalue weighted by Gasteiger charge is -2.15. The molecular weight excluding hydrogens is 300 g/mol. The van der Waals surface area contributed by atoms with Crippen LogP contribution in [0.5, 0.6) is 0 Å². The minimum atomic E-state index is -0.953. The number of amides is 1. The van der Waals surface area contributed by atoms with Gasteiger partial charge in [-0.2, -0.15) is 0 Å². The van der Waals surface area contributed by atoms with Gasteiger partial charge in [-0.05, 0) is 12.0 Å². The smallest absolute Gasteiger partial charge is 0.408 e. The first-order chi connectivity index (χ1) is 11.2. The summed E-state index contributed by atoms with van der Waals surface area (Å²) in [5.41, 5.74) is 0.835. The number of benzene rings is 1. The van der Waals surface area contributed by atoms with Crippen LogP contribution in [-0.2, 0) is 20.9 Å². The number of carbonyl (C=O) groups is 2. The highest BCUT2D eigenvalue weighted by Gasteiger charge is 2.22. The van der Waals surface area contributed by atoms with Gasteiger partial charge in [0.05, 0.1) is 6.61 Å². The van der Waals surface area contributed by atoms with Crippen molar-refractivity contribution < 1.29 is 24.3 Å². The Labute approximate surface area is 135 Å². The standard InChI is InChI=1S/C16H22N2O5/c1-2-3-11-22-15(19)14(9-10-17-21)18-16(20)23-12-13-7-5-4-6-8-13/h4-8,10,14,21H,2-3,9,11-12H2,1H3,(H,18,20)/b17-10-. The van der Waals surface area contributed by atoms with E-state index in [0.29, 0.717) is 0 Å². The summed E-state index contributed by atoms with van der Waals surface area (Å²) in [6.45, 7) is 2.35. The third kappa shape index (κ3) is 7.85. The van der Waals surface area contributed by atoms with Crippen LogP contribution in [0.4, 0.5) is 4.79 Å². The van der Waals surface area contributed by atoms with E-state index >= 15 is 0 Å².